The van der Waals surface area contributed by atoms with Crippen LogP contribution in [0.2, 0.25) is 0 Å². The molecule has 0 fully saturated rings. The van der Waals surface area contributed by atoms with Gasteiger partial charge < -0.3 is 4.98 Å². The van der Waals surface area contributed by atoms with Crippen LogP contribution >= 0.6 is 11.3 Å². The van der Waals surface area contributed by atoms with Crippen molar-refractivity contribution in [2.24, 2.45) is 0 Å². The average molecular weight is 578 g/mol. The van der Waals surface area contributed by atoms with Crippen LogP contribution < -0.4 is 0 Å². The summed E-state index contributed by atoms with van der Waals surface area (Å²) in [5, 5.41) is 5.14. The molecular formula is C42H27NS. The van der Waals surface area contributed by atoms with Crippen molar-refractivity contribution in [2.75, 3.05) is 0 Å². The summed E-state index contributed by atoms with van der Waals surface area (Å²) in [6, 6.07) is 57.3. The number of aromatic amines is 1. The number of nitrogens with one attached hydrogen (secondary N) is 1. The van der Waals surface area contributed by atoms with Crippen LogP contribution in [-0.4, -0.2) is 4.98 Å². The number of benzene rings is 7. The maximum Gasteiger partial charge on any atom is 0.0544 e. The van der Waals surface area contributed by atoms with Crippen molar-refractivity contribution < 1.29 is 0 Å². The van der Waals surface area contributed by atoms with E-state index in [1.165, 1.54) is 86.5 Å². The standard InChI is InChI=1S/C42H27NS/c1-3-12-27(13-4-1)29-24-30(32-17-9-20-36-35-16-7-8-23-39(35)43-40(32)36)26-31(25-29)34-19-11-22-38-37-21-10-18-33(41(37)44-42(34)38)28-14-5-2-6-15-28/h1-26,43H. The minimum absolute atomic E-state index is 1.17. The highest BCUT2D eigenvalue weighted by Gasteiger charge is 2.17. The molecule has 0 saturated carbocycles. The lowest BCUT2D eigenvalue weighted by atomic mass is 9.92. The average Bonchev–Trinajstić information content (AvgIpc) is 3.67. The smallest absolute Gasteiger partial charge is 0.0544 e. The van der Waals surface area contributed by atoms with Crippen molar-refractivity contribution >= 4 is 53.3 Å². The van der Waals surface area contributed by atoms with Crippen LogP contribution in [0.15, 0.2) is 158 Å². The number of hydrogen-bond acceptors (Lipinski definition) is 1. The minimum Gasteiger partial charge on any atom is -0.354 e. The second-order valence-electron chi connectivity index (χ2n) is 11.4. The lowest BCUT2D eigenvalue weighted by molar-refractivity contribution is 1.53. The summed E-state index contributed by atoms with van der Waals surface area (Å²) in [7, 11) is 0. The Balaban J connectivity index is 1.31. The Labute approximate surface area is 259 Å². The van der Waals surface area contributed by atoms with Crippen molar-refractivity contribution in [1.82, 2.24) is 4.98 Å². The topological polar surface area (TPSA) is 15.8 Å². The highest BCUT2D eigenvalue weighted by molar-refractivity contribution is 7.26. The lowest BCUT2D eigenvalue weighted by Crippen LogP contribution is -1.87. The second-order valence-corrected chi connectivity index (χ2v) is 12.4. The van der Waals surface area contributed by atoms with E-state index < -0.39 is 0 Å². The van der Waals surface area contributed by atoms with Crippen LogP contribution in [-0.2, 0) is 0 Å². The van der Waals surface area contributed by atoms with Gasteiger partial charge in [-0.2, -0.15) is 0 Å². The molecule has 206 valence electrons. The molecule has 0 atom stereocenters. The summed E-state index contributed by atoms with van der Waals surface area (Å²) in [6.45, 7) is 0. The van der Waals surface area contributed by atoms with Gasteiger partial charge in [0.2, 0.25) is 0 Å². The summed E-state index contributed by atoms with van der Waals surface area (Å²) >= 11 is 1.91. The first-order valence-corrected chi connectivity index (χ1v) is 15.8. The molecule has 0 bridgehead atoms. The van der Waals surface area contributed by atoms with Gasteiger partial charge in [-0.1, -0.05) is 133 Å². The molecule has 9 rings (SSSR count). The normalized spacial score (nSPS) is 11.6. The Kier molecular flexibility index (Phi) is 5.75. The molecule has 1 nitrogen and oxygen atoms in total. The van der Waals surface area contributed by atoms with Gasteiger partial charge in [-0.3, -0.25) is 0 Å². The Morgan fingerprint density at radius 3 is 1.55 bits per heavy atom. The van der Waals surface area contributed by atoms with Gasteiger partial charge in [0.1, 0.15) is 0 Å². The summed E-state index contributed by atoms with van der Waals surface area (Å²) in [5.41, 5.74) is 12.2. The largest absolute Gasteiger partial charge is 0.354 e. The van der Waals surface area contributed by atoms with Crippen molar-refractivity contribution in [1.29, 1.82) is 0 Å². The zero-order chi connectivity index (χ0) is 29.0. The Morgan fingerprint density at radius 1 is 0.341 bits per heavy atom. The zero-order valence-corrected chi connectivity index (χ0v) is 24.7. The van der Waals surface area contributed by atoms with Crippen LogP contribution in [0.4, 0.5) is 0 Å². The fraction of sp³-hybridized carbons (Fsp3) is 0. The van der Waals surface area contributed by atoms with Crippen LogP contribution in [0.5, 0.6) is 0 Å². The summed E-state index contributed by atoms with van der Waals surface area (Å²) in [4.78, 5) is 3.73. The molecule has 0 aliphatic carbocycles. The van der Waals surface area contributed by atoms with Crippen LogP contribution in [0.25, 0.3) is 86.5 Å². The fourth-order valence-corrected chi connectivity index (χ4v) is 8.11. The molecule has 0 unspecified atom stereocenters. The molecular weight excluding hydrogens is 551 g/mol. The number of fused-ring (bicyclic) bond motifs is 6. The summed E-state index contributed by atoms with van der Waals surface area (Å²) in [5.74, 6) is 0. The van der Waals surface area contributed by atoms with E-state index in [1.807, 2.05) is 11.3 Å². The third kappa shape index (κ3) is 4.00. The maximum atomic E-state index is 3.73. The number of aromatic nitrogens is 1. The molecule has 0 aliphatic rings. The molecule has 0 aliphatic heterocycles. The van der Waals surface area contributed by atoms with E-state index in [9.17, 15) is 0 Å². The minimum atomic E-state index is 1.17. The van der Waals surface area contributed by atoms with E-state index >= 15 is 0 Å². The highest BCUT2D eigenvalue weighted by Crippen LogP contribution is 2.45. The van der Waals surface area contributed by atoms with Gasteiger partial charge in [0.25, 0.3) is 0 Å². The first kappa shape index (κ1) is 25.1. The molecule has 1 N–H and O–H groups in total. The van der Waals surface area contributed by atoms with Gasteiger partial charge in [-0.15, -0.1) is 11.3 Å². The van der Waals surface area contributed by atoms with Crippen molar-refractivity contribution in [3.63, 3.8) is 0 Å². The first-order chi connectivity index (χ1) is 21.8. The molecule has 0 radical (unpaired) electrons. The number of thiophene rings is 1. The van der Waals surface area contributed by atoms with Crippen LogP contribution in [0.3, 0.4) is 0 Å². The van der Waals surface area contributed by atoms with Gasteiger partial charge >= 0.3 is 0 Å². The van der Waals surface area contributed by atoms with Crippen LogP contribution in [0.1, 0.15) is 0 Å². The molecule has 9 aromatic rings. The van der Waals surface area contributed by atoms with Gasteiger partial charge in [0, 0.05) is 42.0 Å². The Hall–Kier alpha value is -5.44. The molecule has 0 spiro atoms. The Bertz CT molecular complexity index is 2480. The quantitative estimate of drug-likeness (QED) is 0.214. The van der Waals surface area contributed by atoms with Gasteiger partial charge in [-0.05, 0) is 63.2 Å². The number of rotatable bonds is 4. The molecule has 0 saturated heterocycles. The number of H-pyrrole nitrogens is 1. The molecule has 2 aromatic heterocycles. The molecule has 2 heterocycles. The SMILES string of the molecule is c1ccc(-c2cc(-c3cccc4c3[nH]c3ccccc34)cc(-c3cccc4c3sc3c(-c5ccccc5)cccc34)c2)cc1. The number of hydrogen-bond donors (Lipinski definition) is 1. The number of para-hydroxylation sites is 2. The summed E-state index contributed by atoms with van der Waals surface area (Å²) < 4.78 is 2.66. The van der Waals surface area contributed by atoms with E-state index in [-0.39, 0.29) is 0 Å². The zero-order valence-electron chi connectivity index (χ0n) is 23.9. The summed E-state index contributed by atoms with van der Waals surface area (Å²) in [6.07, 6.45) is 0. The molecule has 0 amide bonds. The van der Waals surface area contributed by atoms with Crippen molar-refractivity contribution in [3.05, 3.63) is 158 Å². The third-order valence-electron chi connectivity index (χ3n) is 8.81. The van der Waals surface area contributed by atoms with E-state index in [4.69, 9.17) is 0 Å². The highest BCUT2D eigenvalue weighted by atomic mass is 32.1. The van der Waals surface area contributed by atoms with Crippen molar-refractivity contribution in [2.45, 2.75) is 0 Å². The molecule has 2 heteroatoms. The van der Waals surface area contributed by atoms with E-state index in [1.54, 1.807) is 0 Å². The predicted molar refractivity (Wildman–Crippen MR) is 190 cm³/mol. The fourth-order valence-electron chi connectivity index (χ4n) is 6.74. The van der Waals surface area contributed by atoms with Crippen molar-refractivity contribution in [3.8, 4) is 44.5 Å². The van der Waals surface area contributed by atoms with Gasteiger partial charge in [0.15, 0.2) is 0 Å². The Morgan fingerprint density at radius 2 is 0.841 bits per heavy atom. The maximum absolute atomic E-state index is 3.73. The first-order valence-electron chi connectivity index (χ1n) is 15.0. The predicted octanol–water partition coefficient (Wildman–Crippen LogP) is 12.4. The van der Waals surface area contributed by atoms with E-state index in [0.717, 1.165) is 0 Å². The second kappa shape index (κ2) is 10.1. The molecule has 7 aromatic carbocycles. The molecule has 44 heavy (non-hydrogen) atoms. The van der Waals surface area contributed by atoms with Gasteiger partial charge in [-0.25, -0.2) is 0 Å². The lowest BCUT2D eigenvalue weighted by Gasteiger charge is -2.13. The monoisotopic (exact) mass is 577 g/mol. The van der Waals surface area contributed by atoms with E-state index in [0.29, 0.717) is 0 Å². The third-order valence-corrected chi connectivity index (χ3v) is 10.1. The van der Waals surface area contributed by atoms with E-state index in [2.05, 4.69) is 163 Å². The van der Waals surface area contributed by atoms with Gasteiger partial charge in [0.05, 0.1) is 5.52 Å². The van der Waals surface area contributed by atoms with Crippen LogP contribution in [0, 0.1) is 0 Å².